The number of carbonyl (C=O) groups is 2. The van der Waals surface area contributed by atoms with Crippen molar-refractivity contribution < 1.29 is 32.6 Å². The second-order valence-electron chi connectivity index (χ2n) is 5.92. The summed E-state index contributed by atoms with van der Waals surface area (Å²) in [6.07, 6.45) is 0. The summed E-state index contributed by atoms with van der Waals surface area (Å²) in [6, 6.07) is 6.82. The van der Waals surface area contributed by atoms with E-state index in [0.717, 1.165) is 19.1 Å². The zero-order valence-electron chi connectivity index (χ0n) is 15.4. The van der Waals surface area contributed by atoms with Gasteiger partial charge >= 0.3 is 0 Å². The van der Waals surface area contributed by atoms with Crippen LogP contribution in [0.15, 0.2) is 57.6 Å². The molecular formula is C17H16N4O8S. The first kappa shape index (κ1) is 22.7. The summed E-state index contributed by atoms with van der Waals surface area (Å²) in [4.78, 5) is 33.9. The number of benzene rings is 2. The van der Waals surface area contributed by atoms with E-state index in [-0.39, 0.29) is 12.3 Å². The normalized spacial score (nSPS) is 12.5. The first-order valence-corrected chi connectivity index (χ1v) is 9.65. The molecule has 0 fully saturated rings. The van der Waals surface area contributed by atoms with E-state index in [1.165, 1.54) is 6.07 Å². The van der Waals surface area contributed by atoms with Crippen LogP contribution in [-0.4, -0.2) is 40.7 Å². The van der Waals surface area contributed by atoms with Crippen LogP contribution in [-0.2, 0) is 26.3 Å². The number of aliphatic hydroxyl groups excluding tert-OH is 1. The minimum absolute atomic E-state index is 0.228. The summed E-state index contributed by atoms with van der Waals surface area (Å²) < 4.78 is 31.6. The molecule has 0 saturated carbocycles. The van der Waals surface area contributed by atoms with E-state index < -0.39 is 49.0 Å². The first-order valence-electron chi connectivity index (χ1n) is 8.21. The Kier molecular flexibility index (Phi) is 7.05. The van der Waals surface area contributed by atoms with Crippen molar-refractivity contribution in [3.63, 3.8) is 0 Å². The number of nitrogens with one attached hydrogen (secondary N) is 1. The Bertz CT molecular complexity index is 1130. The van der Waals surface area contributed by atoms with Gasteiger partial charge in [-0.15, -0.1) is 5.11 Å². The molecule has 1 unspecified atom stereocenters. The molecule has 1 atom stereocenters. The highest BCUT2D eigenvalue weighted by Crippen LogP contribution is 2.30. The van der Waals surface area contributed by atoms with Gasteiger partial charge in [-0.05, 0) is 25.1 Å². The molecule has 158 valence electrons. The quantitative estimate of drug-likeness (QED) is 0.184. The first-order chi connectivity index (χ1) is 14.0. The lowest BCUT2D eigenvalue weighted by molar-refractivity contribution is -0.384. The van der Waals surface area contributed by atoms with Crippen LogP contribution in [0.1, 0.15) is 12.5 Å². The van der Waals surface area contributed by atoms with Crippen molar-refractivity contribution in [3.05, 3.63) is 58.1 Å². The highest BCUT2D eigenvalue weighted by Gasteiger charge is 2.25. The number of para-hydroxylation sites is 1. The van der Waals surface area contributed by atoms with Gasteiger partial charge < -0.3 is 10.4 Å². The fourth-order valence-electron chi connectivity index (χ4n) is 2.32. The Balaban J connectivity index is 2.40. The van der Waals surface area contributed by atoms with E-state index in [2.05, 4.69) is 15.5 Å². The number of anilines is 1. The van der Waals surface area contributed by atoms with Gasteiger partial charge in [-0.3, -0.25) is 24.3 Å². The molecule has 0 spiro atoms. The Hall–Kier alpha value is -3.55. The van der Waals surface area contributed by atoms with Crippen LogP contribution < -0.4 is 5.32 Å². The van der Waals surface area contributed by atoms with Crippen molar-refractivity contribution in [3.8, 4) is 0 Å². The van der Waals surface area contributed by atoms with Crippen molar-refractivity contribution in [1.29, 1.82) is 0 Å². The second-order valence-corrected chi connectivity index (χ2v) is 7.34. The van der Waals surface area contributed by atoms with Gasteiger partial charge in [-0.2, -0.15) is 13.5 Å². The number of hydrogen-bond acceptors (Lipinski definition) is 9. The number of hydrogen-bond donors (Lipinski definition) is 3. The number of rotatable bonds is 8. The molecule has 0 aliphatic carbocycles. The van der Waals surface area contributed by atoms with Crippen molar-refractivity contribution in [2.24, 2.45) is 10.2 Å². The van der Waals surface area contributed by atoms with Crippen LogP contribution in [0.25, 0.3) is 0 Å². The van der Waals surface area contributed by atoms with Crippen molar-refractivity contribution in [2.45, 2.75) is 24.5 Å². The van der Waals surface area contributed by atoms with Gasteiger partial charge in [0, 0.05) is 17.3 Å². The molecule has 30 heavy (non-hydrogen) atoms. The summed E-state index contributed by atoms with van der Waals surface area (Å²) in [5.41, 5.74) is -0.628. The minimum Gasteiger partial charge on any atom is -0.392 e. The van der Waals surface area contributed by atoms with Crippen LogP contribution in [0.2, 0.25) is 0 Å². The van der Waals surface area contributed by atoms with Crippen molar-refractivity contribution >= 4 is 38.9 Å². The molecule has 0 saturated heterocycles. The molecule has 0 aromatic heterocycles. The number of aliphatic hydroxyl groups is 1. The zero-order valence-corrected chi connectivity index (χ0v) is 16.2. The lowest BCUT2D eigenvalue weighted by Crippen LogP contribution is -2.32. The average molecular weight is 436 g/mol. The van der Waals surface area contributed by atoms with Gasteiger partial charge in [0.15, 0.2) is 11.5 Å². The van der Waals surface area contributed by atoms with Crippen LogP contribution >= 0.6 is 0 Å². The highest BCUT2D eigenvalue weighted by molar-refractivity contribution is 7.85. The number of azo groups is 1. The standard InChI is InChI=1S/C17H16N4O8S/c1-10(23)16(17(24)18-13-5-3-2-4-11(13)9-22)20-19-14-8-12(30(27,28)29)6-7-15(14)21(25)26/h2-8,16,22H,9H2,1H3,(H,18,24)(H,27,28,29)/b20-19+. The molecular weight excluding hydrogens is 420 g/mol. The van der Waals surface area contributed by atoms with E-state index in [9.17, 15) is 33.2 Å². The maximum atomic E-state index is 12.5. The number of Topliss-reactive ketones (excluding diaryl/α,β-unsaturated/α-hetero) is 1. The third kappa shape index (κ3) is 5.50. The van der Waals surface area contributed by atoms with E-state index >= 15 is 0 Å². The third-order valence-corrected chi connectivity index (χ3v) is 4.65. The largest absolute Gasteiger partial charge is 0.392 e. The number of nitro benzene ring substituents is 1. The molecule has 0 aliphatic rings. The highest BCUT2D eigenvalue weighted by atomic mass is 32.2. The summed E-state index contributed by atoms with van der Waals surface area (Å²) in [5, 5.41) is 29.9. The lowest BCUT2D eigenvalue weighted by atomic mass is 10.1. The zero-order chi connectivity index (χ0) is 22.5. The Morgan fingerprint density at radius 1 is 1.23 bits per heavy atom. The van der Waals surface area contributed by atoms with E-state index in [1.54, 1.807) is 18.2 Å². The maximum Gasteiger partial charge on any atom is 0.296 e. The maximum absolute atomic E-state index is 12.5. The second kappa shape index (κ2) is 9.30. The fraction of sp³-hybridized carbons (Fsp3) is 0.176. The van der Waals surface area contributed by atoms with Crippen LogP contribution in [0.5, 0.6) is 0 Å². The summed E-state index contributed by atoms with van der Waals surface area (Å²) in [6.45, 7) is 0.668. The molecule has 0 heterocycles. The van der Waals surface area contributed by atoms with Crippen LogP contribution in [0.3, 0.4) is 0 Å². The molecule has 13 heteroatoms. The molecule has 3 N–H and O–H groups in total. The smallest absolute Gasteiger partial charge is 0.296 e. The average Bonchev–Trinajstić information content (AvgIpc) is 2.67. The minimum atomic E-state index is -4.68. The molecule has 0 bridgehead atoms. The summed E-state index contributed by atoms with van der Waals surface area (Å²) in [5.74, 6) is -1.66. The van der Waals surface area contributed by atoms with Gasteiger partial charge in [0.05, 0.1) is 16.4 Å². The predicted molar refractivity (Wildman–Crippen MR) is 103 cm³/mol. The van der Waals surface area contributed by atoms with E-state index in [1.807, 2.05) is 0 Å². The number of carbonyl (C=O) groups excluding carboxylic acids is 2. The van der Waals surface area contributed by atoms with Crippen LogP contribution in [0.4, 0.5) is 17.1 Å². The molecule has 0 aliphatic heterocycles. The number of amides is 1. The van der Waals surface area contributed by atoms with Crippen molar-refractivity contribution in [1.82, 2.24) is 0 Å². The molecule has 12 nitrogen and oxygen atoms in total. The Morgan fingerprint density at radius 2 is 1.90 bits per heavy atom. The number of ketones is 1. The molecule has 0 radical (unpaired) electrons. The van der Waals surface area contributed by atoms with Gasteiger partial charge in [-0.25, -0.2) is 0 Å². The molecule has 2 rings (SSSR count). The molecule has 1 amide bonds. The van der Waals surface area contributed by atoms with E-state index in [0.29, 0.717) is 11.6 Å². The topological polar surface area (TPSA) is 189 Å². The number of nitro groups is 1. The lowest BCUT2D eigenvalue weighted by Gasteiger charge is -2.12. The predicted octanol–water partition coefficient (Wildman–Crippen LogP) is 2.01. The summed E-state index contributed by atoms with van der Waals surface area (Å²) in [7, 11) is -4.68. The fourth-order valence-corrected chi connectivity index (χ4v) is 2.82. The molecule has 2 aromatic carbocycles. The van der Waals surface area contributed by atoms with Crippen molar-refractivity contribution in [2.75, 3.05) is 5.32 Å². The van der Waals surface area contributed by atoms with Gasteiger partial charge in [0.25, 0.3) is 21.7 Å². The SMILES string of the molecule is CC(=O)C(/N=N/c1cc(S(=O)(=O)O)ccc1[N+](=O)[O-])C(=O)Nc1ccccc1CO. The van der Waals surface area contributed by atoms with Gasteiger partial charge in [-0.1, -0.05) is 18.2 Å². The third-order valence-electron chi connectivity index (χ3n) is 3.80. The summed E-state index contributed by atoms with van der Waals surface area (Å²) >= 11 is 0. The molecule has 2 aromatic rings. The van der Waals surface area contributed by atoms with Gasteiger partial charge in [0.2, 0.25) is 6.04 Å². The Labute approximate surface area is 170 Å². The van der Waals surface area contributed by atoms with Gasteiger partial charge in [0.1, 0.15) is 0 Å². The van der Waals surface area contributed by atoms with E-state index in [4.69, 9.17) is 4.55 Å². The number of nitrogens with zero attached hydrogens (tertiary/aromatic N) is 3. The van der Waals surface area contributed by atoms with Crippen LogP contribution in [0, 0.1) is 10.1 Å². The monoisotopic (exact) mass is 436 g/mol. The Morgan fingerprint density at radius 3 is 2.47 bits per heavy atom.